The molecule has 1 aromatic carbocycles. The molecule has 0 spiro atoms. The van der Waals surface area contributed by atoms with Crippen LogP contribution in [0.3, 0.4) is 0 Å². The number of anilines is 2. The molecule has 0 fully saturated rings. The normalized spacial score (nSPS) is 10.3. The van der Waals surface area contributed by atoms with Crippen LogP contribution in [0, 0.1) is 0 Å². The smallest absolute Gasteiger partial charge is 0.340 e. The number of methoxy groups -OCH3 is 1. The average molecular weight is 317 g/mol. The minimum atomic E-state index is -0.441. The number of carbonyl (C=O) groups is 1. The third-order valence-corrected chi connectivity index (χ3v) is 3.84. The van der Waals surface area contributed by atoms with E-state index in [2.05, 4.69) is 11.6 Å². The Morgan fingerprint density at radius 1 is 1.40 bits per heavy atom. The number of nitrogens with two attached hydrogens (primary N) is 1. The number of thioether (sulfide) groups is 1. The van der Waals surface area contributed by atoms with Crippen molar-refractivity contribution in [2.75, 3.05) is 36.7 Å². The second-order valence-electron chi connectivity index (χ2n) is 4.40. The van der Waals surface area contributed by atoms with Gasteiger partial charge in [-0.3, -0.25) is 0 Å². The summed E-state index contributed by atoms with van der Waals surface area (Å²) in [5.41, 5.74) is 7.12. The quantitative estimate of drug-likeness (QED) is 0.435. The highest BCUT2D eigenvalue weighted by molar-refractivity contribution is 7.98. The van der Waals surface area contributed by atoms with Gasteiger partial charge in [0.15, 0.2) is 0 Å². The molecular formula is C14H21ClN2O2S. The van der Waals surface area contributed by atoms with E-state index in [0.717, 1.165) is 19.4 Å². The molecule has 0 saturated heterocycles. The molecule has 0 aromatic heterocycles. The number of carbonyl (C=O) groups excluding carboxylic acids is 1. The average Bonchev–Trinajstić information content (AvgIpc) is 2.43. The zero-order chi connectivity index (χ0) is 15.0. The topological polar surface area (TPSA) is 64.3 Å². The minimum absolute atomic E-state index is 0.376. The first kappa shape index (κ1) is 17.0. The fourth-order valence-electron chi connectivity index (χ4n) is 1.84. The zero-order valence-corrected chi connectivity index (χ0v) is 13.4. The van der Waals surface area contributed by atoms with Gasteiger partial charge in [-0.2, -0.15) is 11.8 Å². The number of hydrogen-bond acceptors (Lipinski definition) is 5. The van der Waals surface area contributed by atoms with Crippen molar-refractivity contribution in [3.63, 3.8) is 0 Å². The van der Waals surface area contributed by atoms with E-state index in [9.17, 15) is 4.79 Å². The van der Waals surface area contributed by atoms with Gasteiger partial charge in [0.2, 0.25) is 0 Å². The van der Waals surface area contributed by atoms with Gasteiger partial charge in [0.1, 0.15) is 0 Å². The first-order chi connectivity index (χ1) is 9.60. The molecule has 0 aliphatic heterocycles. The van der Waals surface area contributed by atoms with E-state index in [1.807, 2.05) is 11.8 Å². The zero-order valence-electron chi connectivity index (χ0n) is 11.9. The van der Waals surface area contributed by atoms with Gasteiger partial charge in [-0.25, -0.2) is 4.79 Å². The Morgan fingerprint density at radius 2 is 2.15 bits per heavy atom. The Morgan fingerprint density at radius 3 is 2.80 bits per heavy atom. The van der Waals surface area contributed by atoms with Crippen LogP contribution >= 0.6 is 23.4 Å². The molecule has 0 bridgehead atoms. The van der Waals surface area contributed by atoms with Crippen LogP contribution in [0.2, 0.25) is 5.02 Å². The van der Waals surface area contributed by atoms with Crippen molar-refractivity contribution in [1.29, 1.82) is 0 Å². The number of unbranched alkanes of at least 4 members (excludes halogenated alkanes) is 2. The van der Waals surface area contributed by atoms with Gasteiger partial charge in [-0.1, -0.05) is 18.0 Å². The van der Waals surface area contributed by atoms with Gasteiger partial charge in [0, 0.05) is 12.2 Å². The molecule has 0 aliphatic carbocycles. The van der Waals surface area contributed by atoms with Crippen LogP contribution in [0.5, 0.6) is 0 Å². The summed E-state index contributed by atoms with van der Waals surface area (Å²) in [6.07, 6.45) is 5.48. The Bertz CT molecular complexity index is 455. The Hall–Kier alpha value is -1.07. The highest BCUT2D eigenvalue weighted by Gasteiger charge is 2.15. The van der Waals surface area contributed by atoms with Crippen LogP contribution < -0.4 is 11.1 Å². The molecule has 6 heteroatoms. The van der Waals surface area contributed by atoms with Crippen LogP contribution in [-0.2, 0) is 4.74 Å². The van der Waals surface area contributed by atoms with Crippen molar-refractivity contribution in [3.8, 4) is 0 Å². The van der Waals surface area contributed by atoms with E-state index in [-0.39, 0.29) is 0 Å². The molecular weight excluding hydrogens is 296 g/mol. The SMILES string of the molecule is COC(=O)c1cc(N)cc(Cl)c1NCCCCCSC. The molecule has 0 atom stereocenters. The van der Waals surface area contributed by atoms with Gasteiger partial charge >= 0.3 is 5.97 Å². The van der Waals surface area contributed by atoms with E-state index in [0.29, 0.717) is 22.0 Å². The molecule has 4 nitrogen and oxygen atoms in total. The summed E-state index contributed by atoms with van der Waals surface area (Å²) >= 11 is 8.00. The lowest BCUT2D eigenvalue weighted by molar-refractivity contribution is 0.0602. The summed E-state index contributed by atoms with van der Waals surface area (Å²) in [5.74, 6) is 0.736. The molecule has 20 heavy (non-hydrogen) atoms. The molecule has 0 amide bonds. The van der Waals surface area contributed by atoms with Gasteiger partial charge in [-0.15, -0.1) is 0 Å². The standard InChI is InChI=1S/C14H21ClN2O2S/c1-19-14(18)11-8-10(16)9-12(15)13(11)17-6-4-3-5-7-20-2/h8-9,17H,3-7,16H2,1-2H3. The van der Waals surface area contributed by atoms with Crippen molar-refractivity contribution in [3.05, 3.63) is 22.7 Å². The summed E-state index contributed by atoms with van der Waals surface area (Å²) < 4.78 is 4.75. The number of nitrogen functional groups attached to an aromatic ring is 1. The summed E-state index contributed by atoms with van der Waals surface area (Å²) in [7, 11) is 1.34. The third kappa shape index (κ3) is 5.13. The molecule has 0 radical (unpaired) electrons. The molecule has 0 heterocycles. The van der Waals surface area contributed by atoms with Crippen LogP contribution in [-0.4, -0.2) is 31.6 Å². The summed E-state index contributed by atoms with van der Waals surface area (Å²) in [5, 5.41) is 3.65. The lowest BCUT2D eigenvalue weighted by Gasteiger charge is -2.13. The highest BCUT2D eigenvalue weighted by Crippen LogP contribution is 2.29. The van der Waals surface area contributed by atoms with Crippen LogP contribution in [0.15, 0.2) is 12.1 Å². The third-order valence-electron chi connectivity index (χ3n) is 2.84. The summed E-state index contributed by atoms with van der Waals surface area (Å²) in [4.78, 5) is 11.7. The van der Waals surface area contributed by atoms with E-state index < -0.39 is 5.97 Å². The number of hydrogen-bond donors (Lipinski definition) is 2. The molecule has 1 rings (SSSR count). The van der Waals surface area contributed by atoms with Crippen LogP contribution in [0.4, 0.5) is 11.4 Å². The second-order valence-corrected chi connectivity index (χ2v) is 5.79. The van der Waals surface area contributed by atoms with Gasteiger partial charge in [0.05, 0.1) is 23.4 Å². The van der Waals surface area contributed by atoms with Gasteiger partial charge in [-0.05, 0) is 37.0 Å². The first-order valence-corrected chi connectivity index (χ1v) is 8.27. The fourth-order valence-corrected chi connectivity index (χ4v) is 2.63. The monoisotopic (exact) mass is 316 g/mol. The summed E-state index contributed by atoms with van der Waals surface area (Å²) in [6.45, 7) is 0.766. The predicted octanol–water partition coefficient (Wildman–Crippen LogP) is 3.65. The highest BCUT2D eigenvalue weighted by atomic mass is 35.5. The number of halogens is 1. The maximum atomic E-state index is 11.7. The number of nitrogens with one attached hydrogen (secondary N) is 1. The largest absolute Gasteiger partial charge is 0.465 e. The van der Waals surface area contributed by atoms with Crippen molar-refractivity contribution >= 4 is 40.7 Å². The Balaban J connectivity index is 2.66. The lowest BCUT2D eigenvalue weighted by Crippen LogP contribution is -2.10. The second kappa shape index (κ2) is 8.97. The number of esters is 1. The molecule has 0 saturated carbocycles. The molecule has 3 N–H and O–H groups in total. The Kier molecular flexibility index (Phi) is 7.62. The van der Waals surface area contributed by atoms with E-state index >= 15 is 0 Å². The number of benzene rings is 1. The predicted molar refractivity (Wildman–Crippen MR) is 87.9 cm³/mol. The van der Waals surface area contributed by atoms with Crippen LogP contribution in [0.1, 0.15) is 29.6 Å². The maximum absolute atomic E-state index is 11.7. The molecule has 112 valence electrons. The van der Waals surface area contributed by atoms with Crippen molar-refractivity contribution < 1.29 is 9.53 Å². The lowest BCUT2D eigenvalue weighted by atomic mass is 10.1. The minimum Gasteiger partial charge on any atom is -0.465 e. The molecule has 0 unspecified atom stereocenters. The van der Waals surface area contributed by atoms with Crippen molar-refractivity contribution in [2.45, 2.75) is 19.3 Å². The van der Waals surface area contributed by atoms with E-state index in [4.69, 9.17) is 22.1 Å². The summed E-state index contributed by atoms with van der Waals surface area (Å²) in [6, 6.07) is 3.21. The van der Waals surface area contributed by atoms with Crippen molar-refractivity contribution in [2.24, 2.45) is 0 Å². The maximum Gasteiger partial charge on any atom is 0.340 e. The number of rotatable bonds is 8. The first-order valence-electron chi connectivity index (χ1n) is 6.50. The molecule has 0 aliphatic rings. The fraction of sp³-hybridized carbons (Fsp3) is 0.500. The van der Waals surface area contributed by atoms with E-state index in [1.165, 1.54) is 19.3 Å². The Labute approximate surface area is 129 Å². The molecule has 1 aromatic rings. The van der Waals surface area contributed by atoms with E-state index in [1.54, 1.807) is 12.1 Å². The van der Waals surface area contributed by atoms with Gasteiger partial charge in [0.25, 0.3) is 0 Å². The van der Waals surface area contributed by atoms with Gasteiger partial charge < -0.3 is 15.8 Å². The van der Waals surface area contributed by atoms with Crippen LogP contribution in [0.25, 0.3) is 0 Å². The number of ether oxygens (including phenoxy) is 1. The van der Waals surface area contributed by atoms with Crippen molar-refractivity contribution in [1.82, 2.24) is 0 Å².